The quantitative estimate of drug-likeness (QED) is 0.130. The summed E-state index contributed by atoms with van der Waals surface area (Å²) in [6.07, 6.45) is 0. The molecule has 11 heteroatoms. The van der Waals surface area contributed by atoms with E-state index in [4.69, 9.17) is 4.74 Å². The number of nitro benzene ring substituents is 2. The highest BCUT2D eigenvalue weighted by Gasteiger charge is 2.28. The first-order valence-corrected chi connectivity index (χ1v) is 11.9. The zero-order valence-corrected chi connectivity index (χ0v) is 20.7. The molecule has 5 rings (SSSR count). The molecular weight excluding hydrogens is 516 g/mol. The van der Waals surface area contributed by atoms with Gasteiger partial charge in [-0.15, -0.1) is 0 Å². The highest BCUT2D eigenvalue weighted by molar-refractivity contribution is 6.18. The number of H-pyrrole nitrogens is 1. The summed E-state index contributed by atoms with van der Waals surface area (Å²) in [5, 5.41) is 40.2. The topological polar surface area (TPSA) is 161 Å². The first kappa shape index (κ1) is 25.8. The number of non-ortho nitro benzene ring substituents is 2. The lowest BCUT2D eigenvalue weighted by Gasteiger charge is -2.13. The summed E-state index contributed by atoms with van der Waals surface area (Å²) in [7, 11) is 0. The number of hydrogen-bond acceptors (Lipinski definition) is 8. The van der Waals surface area contributed by atoms with Gasteiger partial charge in [-0.3, -0.25) is 30.1 Å². The number of hydrogen-bond donors (Lipinski definition) is 2. The number of rotatable bonds is 9. The van der Waals surface area contributed by atoms with Crippen molar-refractivity contribution in [2.45, 2.75) is 6.61 Å². The molecule has 0 spiro atoms. The number of nitrogens with zero attached hydrogens (tertiary/aromatic N) is 3. The third-order valence-corrected chi connectivity index (χ3v) is 6.18. The third kappa shape index (κ3) is 5.11. The maximum Gasteiger partial charge on any atom is 0.269 e. The van der Waals surface area contributed by atoms with Crippen molar-refractivity contribution in [2.24, 2.45) is 0 Å². The van der Waals surface area contributed by atoms with E-state index in [0.717, 1.165) is 5.56 Å². The van der Waals surface area contributed by atoms with E-state index in [-0.39, 0.29) is 52.0 Å². The third-order valence-electron chi connectivity index (χ3n) is 6.18. The molecule has 0 fully saturated rings. The average Bonchev–Trinajstić information content (AvgIpc) is 3.42. The van der Waals surface area contributed by atoms with Gasteiger partial charge in [-0.1, -0.05) is 36.4 Å². The first-order chi connectivity index (χ1) is 19.3. The summed E-state index contributed by atoms with van der Waals surface area (Å²) < 4.78 is 5.94. The Bertz CT molecular complexity index is 1640. The van der Waals surface area contributed by atoms with Crippen molar-refractivity contribution in [1.29, 1.82) is 0 Å². The molecule has 0 aliphatic heterocycles. The molecule has 0 aliphatic carbocycles. The van der Waals surface area contributed by atoms with Gasteiger partial charge in [-0.2, -0.15) is 5.10 Å². The number of nitro groups is 2. The van der Waals surface area contributed by atoms with Crippen molar-refractivity contribution >= 4 is 17.2 Å². The molecule has 1 aromatic heterocycles. The molecule has 2 N–H and O–H groups in total. The molecule has 0 bridgehead atoms. The van der Waals surface area contributed by atoms with E-state index in [9.17, 15) is 30.1 Å². The maximum absolute atomic E-state index is 14.2. The normalized spacial score (nSPS) is 10.7. The molecule has 40 heavy (non-hydrogen) atoms. The fraction of sp³-hybridized carbons (Fsp3) is 0.0345. The fourth-order valence-electron chi connectivity index (χ4n) is 4.20. The minimum absolute atomic E-state index is 0.0498. The first-order valence-electron chi connectivity index (χ1n) is 11.9. The van der Waals surface area contributed by atoms with Gasteiger partial charge in [0.25, 0.3) is 11.4 Å². The lowest BCUT2D eigenvalue weighted by molar-refractivity contribution is -0.385. The summed E-state index contributed by atoms with van der Waals surface area (Å²) in [6.45, 7) is 0.139. The predicted molar refractivity (Wildman–Crippen MR) is 145 cm³/mol. The Kier molecular flexibility index (Phi) is 7.01. The van der Waals surface area contributed by atoms with Gasteiger partial charge in [0, 0.05) is 35.4 Å². The van der Waals surface area contributed by atoms with Gasteiger partial charge in [-0.05, 0) is 42.0 Å². The second-order valence-corrected chi connectivity index (χ2v) is 8.68. The van der Waals surface area contributed by atoms with Crippen molar-refractivity contribution in [3.8, 4) is 34.0 Å². The molecule has 0 atom stereocenters. The Morgan fingerprint density at radius 3 is 1.98 bits per heavy atom. The molecule has 0 unspecified atom stereocenters. The van der Waals surface area contributed by atoms with Crippen molar-refractivity contribution in [3.63, 3.8) is 0 Å². The predicted octanol–water partition coefficient (Wildman–Crippen LogP) is 6.08. The molecule has 1 heterocycles. The number of aromatic nitrogens is 2. The van der Waals surface area contributed by atoms with Gasteiger partial charge in [0.05, 0.1) is 21.1 Å². The summed E-state index contributed by atoms with van der Waals surface area (Å²) in [4.78, 5) is 35.4. The lowest BCUT2D eigenvalue weighted by atomic mass is 9.94. The molecule has 0 saturated carbocycles. The smallest absolute Gasteiger partial charge is 0.269 e. The standard InChI is InChI=1S/C29H20N4O7/c34-23-7-4-8-24(40-17-18-5-2-1-3-6-18)25(23)29(35)26-27(19-9-13-21(14-10-19)32(36)37)30-31-28(26)20-11-15-22(16-12-20)33(38)39/h1-16,34H,17H2,(H,30,31). The number of carbonyl (C=O) groups is 1. The van der Waals surface area contributed by atoms with E-state index in [2.05, 4.69) is 10.2 Å². The second-order valence-electron chi connectivity index (χ2n) is 8.68. The van der Waals surface area contributed by atoms with Crippen LogP contribution in [0.3, 0.4) is 0 Å². The number of aromatic hydroxyl groups is 1. The van der Waals surface area contributed by atoms with E-state index >= 15 is 0 Å². The molecule has 11 nitrogen and oxygen atoms in total. The fourth-order valence-corrected chi connectivity index (χ4v) is 4.20. The molecule has 0 aliphatic rings. The number of phenols is 1. The average molecular weight is 537 g/mol. The summed E-state index contributed by atoms with van der Waals surface area (Å²) in [6, 6.07) is 24.8. The Morgan fingerprint density at radius 1 is 0.775 bits per heavy atom. The molecule has 5 aromatic rings. The number of nitrogens with one attached hydrogen (secondary N) is 1. The van der Waals surface area contributed by atoms with Crippen LogP contribution in [-0.2, 0) is 6.61 Å². The largest absolute Gasteiger partial charge is 0.507 e. The van der Waals surface area contributed by atoms with Crippen LogP contribution in [0.15, 0.2) is 97.1 Å². The summed E-state index contributed by atoms with van der Waals surface area (Å²) in [5.41, 5.74) is 1.77. The number of ether oxygens (including phenoxy) is 1. The van der Waals surface area contributed by atoms with Gasteiger partial charge in [0.1, 0.15) is 29.4 Å². The van der Waals surface area contributed by atoms with Gasteiger partial charge in [0.2, 0.25) is 5.78 Å². The van der Waals surface area contributed by atoms with Crippen LogP contribution in [0, 0.1) is 20.2 Å². The van der Waals surface area contributed by atoms with Gasteiger partial charge in [0.15, 0.2) is 0 Å². The summed E-state index contributed by atoms with van der Waals surface area (Å²) >= 11 is 0. The van der Waals surface area contributed by atoms with E-state index in [1.807, 2.05) is 30.3 Å². The maximum atomic E-state index is 14.2. The Labute approximate surface area is 226 Å². The molecule has 198 valence electrons. The zero-order chi connectivity index (χ0) is 28.2. The molecule has 0 amide bonds. The Morgan fingerprint density at radius 2 is 1.38 bits per heavy atom. The monoisotopic (exact) mass is 536 g/mol. The Hall–Kier alpha value is -5.84. The SMILES string of the molecule is O=C(c1c(O)cccc1OCc1ccccc1)c1c(-c2ccc([N+](=O)[O-])cc2)n[nH]c1-c1ccc([N+](=O)[O-])cc1. The van der Waals surface area contributed by atoms with Crippen molar-refractivity contribution in [2.75, 3.05) is 0 Å². The lowest BCUT2D eigenvalue weighted by Crippen LogP contribution is -2.08. The highest BCUT2D eigenvalue weighted by Crippen LogP contribution is 2.38. The van der Waals surface area contributed by atoms with Gasteiger partial charge < -0.3 is 9.84 Å². The summed E-state index contributed by atoms with van der Waals surface area (Å²) in [5.74, 6) is -0.808. The van der Waals surface area contributed by atoms with Crippen LogP contribution >= 0.6 is 0 Å². The van der Waals surface area contributed by atoms with Crippen LogP contribution in [0.2, 0.25) is 0 Å². The minimum atomic E-state index is -0.628. The molecule has 4 aromatic carbocycles. The van der Waals surface area contributed by atoms with Gasteiger partial charge in [-0.25, -0.2) is 0 Å². The van der Waals surface area contributed by atoms with E-state index in [1.165, 1.54) is 54.6 Å². The number of aromatic amines is 1. The van der Waals surface area contributed by atoms with E-state index in [1.54, 1.807) is 12.1 Å². The number of phenolic OH excluding ortho intramolecular Hbond substituents is 1. The van der Waals surface area contributed by atoms with Crippen LogP contribution in [-0.4, -0.2) is 30.9 Å². The van der Waals surface area contributed by atoms with Crippen LogP contribution in [0.5, 0.6) is 11.5 Å². The number of benzene rings is 4. The minimum Gasteiger partial charge on any atom is -0.507 e. The zero-order valence-electron chi connectivity index (χ0n) is 20.7. The van der Waals surface area contributed by atoms with Crippen LogP contribution in [0.4, 0.5) is 11.4 Å². The molecule has 0 radical (unpaired) electrons. The van der Waals surface area contributed by atoms with E-state index in [0.29, 0.717) is 11.1 Å². The van der Waals surface area contributed by atoms with Crippen molar-refractivity contribution in [3.05, 3.63) is 134 Å². The molecular formula is C29H20N4O7. The highest BCUT2D eigenvalue weighted by atomic mass is 16.6. The van der Waals surface area contributed by atoms with Gasteiger partial charge >= 0.3 is 0 Å². The Balaban J connectivity index is 1.63. The molecule has 0 saturated heterocycles. The van der Waals surface area contributed by atoms with E-state index < -0.39 is 15.6 Å². The van der Waals surface area contributed by atoms with Crippen molar-refractivity contribution < 1.29 is 24.5 Å². The van der Waals surface area contributed by atoms with Crippen LogP contribution < -0.4 is 4.74 Å². The number of ketones is 1. The van der Waals surface area contributed by atoms with Crippen LogP contribution in [0.1, 0.15) is 21.5 Å². The number of carbonyl (C=O) groups excluding carboxylic acids is 1. The van der Waals surface area contributed by atoms with Crippen molar-refractivity contribution in [1.82, 2.24) is 10.2 Å². The second kappa shape index (κ2) is 10.9. The van der Waals surface area contributed by atoms with Crippen LogP contribution in [0.25, 0.3) is 22.5 Å².